The van der Waals surface area contributed by atoms with Crippen molar-refractivity contribution in [2.75, 3.05) is 11.9 Å². The van der Waals surface area contributed by atoms with Gasteiger partial charge in [-0.2, -0.15) is 5.10 Å². The van der Waals surface area contributed by atoms with Gasteiger partial charge in [0.2, 0.25) is 5.75 Å². The molecule has 8 heteroatoms. The maximum absolute atomic E-state index is 11.7. The molecule has 0 aliphatic carbocycles. The number of anilines is 1. The monoisotopic (exact) mass is 328 g/mol. The fourth-order valence-corrected chi connectivity index (χ4v) is 1.87. The minimum atomic E-state index is -0.698. The number of aryl methyl sites for hydroxylation is 1. The molecule has 0 heterocycles. The molecule has 0 saturated carbocycles. The van der Waals surface area contributed by atoms with Gasteiger partial charge in [0, 0.05) is 17.3 Å². The molecule has 2 rings (SSSR count). The summed E-state index contributed by atoms with van der Waals surface area (Å²) < 4.78 is 0. The molecule has 0 atom stereocenters. The summed E-state index contributed by atoms with van der Waals surface area (Å²) in [5, 5.41) is 27.1. The Morgan fingerprint density at radius 3 is 2.67 bits per heavy atom. The van der Waals surface area contributed by atoms with E-state index in [1.165, 1.54) is 18.2 Å². The van der Waals surface area contributed by atoms with Gasteiger partial charge in [-0.3, -0.25) is 14.9 Å². The number of benzene rings is 2. The fourth-order valence-electron chi connectivity index (χ4n) is 1.87. The van der Waals surface area contributed by atoms with Crippen LogP contribution in [0.1, 0.15) is 11.1 Å². The quantitative estimate of drug-likeness (QED) is 0.427. The molecule has 124 valence electrons. The maximum Gasteiger partial charge on any atom is 0.311 e. The lowest BCUT2D eigenvalue weighted by Gasteiger charge is -2.05. The number of hydrogen-bond donors (Lipinski definition) is 3. The van der Waals surface area contributed by atoms with Crippen LogP contribution in [0.5, 0.6) is 5.75 Å². The summed E-state index contributed by atoms with van der Waals surface area (Å²) in [6.45, 7) is 1.98. The zero-order valence-corrected chi connectivity index (χ0v) is 12.9. The highest BCUT2D eigenvalue weighted by molar-refractivity contribution is 5.87. The van der Waals surface area contributed by atoms with E-state index in [4.69, 9.17) is 0 Å². The lowest BCUT2D eigenvalue weighted by atomic mass is 10.2. The number of carbonyl (C=O) groups excluding carboxylic acids is 1. The number of amides is 1. The van der Waals surface area contributed by atoms with E-state index in [9.17, 15) is 20.0 Å². The Labute approximate surface area is 138 Å². The van der Waals surface area contributed by atoms with Crippen LogP contribution in [-0.2, 0) is 4.79 Å². The van der Waals surface area contributed by atoms with E-state index in [0.717, 1.165) is 17.5 Å². The molecule has 0 aliphatic rings. The normalized spacial score (nSPS) is 10.5. The maximum atomic E-state index is 11.7. The van der Waals surface area contributed by atoms with Crippen molar-refractivity contribution in [3.63, 3.8) is 0 Å². The van der Waals surface area contributed by atoms with Gasteiger partial charge in [0.25, 0.3) is 5.91 Å². The first-order valence-corrected chi connectivity index (χ1v) is 7.06. The Bertz CT molecular complexity index is 772. The Morgan fingerprint density at radius 2 is 2.00 bits per heavy atom. The number of para-hydroxylation sites is 1. The van der Waals surface area contributed by atoms with Gasteiger partial charge >= 0.3 is 5.69 Å². The Hall–Kier alpha value is -3.42. The van der Waals surface area contributed by atoms with Crippen molar-refractivity contribution in [1.29, 1.82) is 0 Å². The van der Waals surface area contributed by atoms with E-state index < -0.39 is 22.3 Å². The molecule has 0 radical (unpaired) electrons. The molecular weight excluding hydrogens is 312 g/mol. The predicted octanol–water partition coefficient (Wildman–Crippen LogP) is 2.17. The van der Waals surface area contributed by atoms with Gasteiger partial charge in [-0.05, 0) is 25.1 Å². The van der Waals surface area contributed by atoms with Crippen LogP contribution < -0.4 is 10.7 Å². The molecule has 0 unspecified atom stereocenters. The van der Waals surface area contributed by atoms with Gasteiger partial charge in [-0.25, -0.2) is 5.43 Å². The Balaban J connectivity index is 1.89. The molecule has 1 amide bonds. The average molecular weight is 328 g/mol. The zero-order valence-electron chi connectivity index (χ0n) is 12.9. The van der Waals surface area contributed by atoms with E-state index in [0.29, 0.717) is 0 Å². The first-order valence-electron chi connectivity index (χ1n) is 7.06. The first-order chi connectivity index (χ1) is 11.5. The minimum Gasteiger partial charge on any atom is -0.502 e. The van der Waals surface area contributed by atoms with Crippen molar-refractivity contribution in [3.05, 3.63) is 63.7 Å². The number of nitrogens with one attached hydrogen (secondary N) is 2. The third kappa shape index (κ3) is 4.54. The van der Waals surface area contributed by atoms with Crippen molar-refractivity contribution in [1.82, 2.24) is 5.43 Å². The summed E-state index contributed by atoms with van der Waals surface area (Å²) in [5.41, 5.74) is 3.91. The van der Waals surface area contributed by atoms with Crippen LogP contribution in [0.25, 0.3) is 0 Å². The standard InChI is InChI=1S/C16H16N4O4/c1-11-5-7-13(8-6-11)17-10-15(21)19-18-9-12-3-2-4-14(16(12)22)20(23)24/h2-9,17,22H,10H2,1H3,(H,19,21)/b18-9-. The Morgan fingerprint density at radius 1 is 1.29 bits per heavy atom. The minimum absolute atomic E-state index is 0.0152. The largest absolute Gasteiger partial charge is 0.502 e. The third-order valence-corrected chi connectivity index (χ3v) is 3.14. The second kappa shape index (κ2) is 7.73. The summed E-state index contributed by atoms with van der Waals surface area (Å²) >= 11 is 0. The molecule has 24 heavy (non-hydrogen) atoms. The van der Waals surface area contributed by atoms with Crippen LogP contribution >= 0.6 is 0 Å². The molecule has 0 aromatic heterocycles. The van der Waals surface area contributed by atoms with Crippen LogP contribution in [0.3, 0.4) is 0 Å². The van der Waals surface area contributed by atoms with Gasteiger partial charge in [-0.1, -0.05) is 23.8 Å². The lowest BCUT2D eigenvalue weighted by Crippen LogP contribution is -2.25. The number of aromatic hydroxyl groups is 1. The van der Waals surface area contributed by atoms with Crippen molar-refractivity contribution < 1.29 is 14.8 Å². The van der Waals surface area contributed by atoms with Gasteiger partial charge in [0.05, 0.1) is 17.7 Å². The summed E-state index contributed by atoms with van der Waals surface area (Å²) in [4.78, 5) is 21.7. The summed E-state index contributed by atoms with van der Waals surface area (Å²) in [6.07, 6.45) is 1.14. The smallest absolute Gasteiger partial charge is 0.311 e. The van der Waals surface area contributed by atoms with E-state index in [-0.39, 0.29) is 12.1 Å². The molecule has 0 aliphatic heterocycles. The number of hydrazone groups is 1. The van der Waals surface area contributed by atoms with E-state index in [1.807, 2.05) is 31.2 Å². The highest BCUT2D eigenvalue weighted by atomic mass is 16.6. The SMILES string of the molecule is Cc1ccc(NCC(=O)N/N=C\c2cccc([N+](=O)[O-])c2O)cc1. The fraction of sp³-hybridized carbons (Fsp3) is 0.125. The van der Waals surface area contributed by atoms with Crippen LogP contribution in [0.15, 0.2) is 47.6 Å². The third-order valence-electron chi connectivity index (χ3n) is 3.14. The molecule has 2 aromatic rings. The summed E-state index contributed by atoms with van der Waals surface area (Å²) in [5.74, 6) is -0.893. The molecule has 0 bridgehead atoms. The number of hydrogen-bond acceptors (Lipinski definition) is 6. The molecular formula is C16H16N4O4. The topological polar surface area (TPSA) is 117 Å². The van der Waals surface area contributed by atoms with Crippen LogP contribution in [0.2, 0.25) is 0 Å². The van der Waals surface area contributed by atoms with Gasteiger partial charge in [0.1, 0.15) is 0 Å². The Kier molecular flexibility index (Phi) is 5.45. The number of carbonyl (C=O) groups is 1. The van der Waals surface area contributed by atoms with Crippen LogP contribution in [0, 0.1) is 17.0 Å². The molecule has 2 aromatic carbocycles. The predicted molar refractivity (Wildman–Crippen MR) is 90.2 cm³/mol. The van der Waals surface area contributed by atoms with Gasteiger partial charge in [0.15, 0.2) is 0 Å². The number of nitro groups is 1. The van der Waals surface area contributed by atoms with Crippen LogP contribution in [-0.4, -0.2) is 28.7 Å². The second-order valence-electron chi connectivity index (χ2n) is 4.98. The average Bonchev–Trinajstić information content (AvgIpc) is 2.55. The van der Waals surface area contributed by atoms with Crippen molar-refractivity contribution >= 4 is 23.5 Å². The highest BCUT2D eigenvalue weighted by Gasteiger charge is 2.15. The van der Waals surface area contributed by atoms with Crippen molar-refractivity contribution in [2.45, 2.75) is 6.92 Å². The number of phenols is 1. The first kappa shape index (κ1) is 16.9. The number of phenolic OH excluding ortho intramolecular Hbond substituents is 1. The highest BCUT2D eigenvalue weighted by Crippen LogP contribution is 2.27. The molecule has 0 saturated heterocycles. The van der Waals surface area contributed by atoms with E-state index >= 15 is 0 Å². The second-order valence-corrected chi connectivity index (χ2v) is 4.98. The summed E-state index contributed by atoms with van der Waals surface area (Å²) in [7, 11) is 0. The number of nitrogens with zero attached hydrogens (tertiary/aromatic N) is 2. The van der Waals surface area contributed by atoms with Crippen molar-refractivity contribution in [2.24, 2.45) is 5.10 Å². The summed E-state index contributed by atoms with van der Waals surface area (Å²) in [6, 6.07) is 11.6. The van der Waals surface area contributed by atoms with Gasteiger partial charge < -0.3 is 10.4 Å². The van der Waals surface area contributed by atoms with Gasteiger partial charge in [-0.15, -0.1) is 0 Å². The van der Waals surface area contributed by atoms with Crippen molar-refractivity contribution in [3.8, 4) is 5.75 Å². The number of nitro benzene ring substituents is 1. The van der Waals surface area contributed by atoms with E-state index in [1.54, 1.807) is 0 Å². The molecule has 8 nitrogen and oxygen atoms in total. The lowest BCUT2D eigenvalue weighted by molar-refractivity contribution is -0.385. The zero-order chi connectivity index (χ0) is 17.5. The molecule has 3 N–H and O–H groups in total. The number of rotatable bonds is 6. The van der Waals surface area contributed by atoms with Crippen LogP contribution in [0.4, 0.5) is 11.4 Å². The molecule has 0 fully saturated rings. The molecule has 0 spiro atoms. The van der Waals surface area contributed by atoms with E-state index in [2.05, 4.69) is 15.8 Å².